The highest BCUT2D eigenvalue weighted by Gasteiger charge is 2.39. The van der Waals surface area contributed by atoms with E-state index in [1.54, 1.807) is 6.92 Å². The molecule has 0 atom stereocenters. The summed E-state index contributed by atoms with van der Waals surface area (Å²) >= 11 is 24.2. The van der Waals surface area contributed by atoms with Crippen LogP contribution in [0, 0.1) is 6.92 Å². The molecule has 140 valence electrons. The van der Waals surface area contributed by atoms with E-state index in [0.717, 1.165) is 25.7 Å². The fourth-order valence-corrected chi connectivity index (χ4v) is 3.97. The zero-order valence-corrected chi connectivity index (χ0v) is 16.9. The molecular formula is C16H16Cl4N4O2. The van der Waals surface area contributed by atoms with E-state index in [-0.39, 0.29) is 38.2 Å². The molecule has 0 spiro atoms. The van der Waals surface area contributed by atoms with E-state index < -0.39 is 5.54 Å². The summed E-state index contributed by atoms with van der Waals surface area (Å²) in [5, 5.41) is 10.6. The first kappa shape index (κ1) is 19.7. The Kier molecular flexibility index (Phi) is 5.99. The van der Waals surface area contributed by atoms with Gasteiger partial charge in [0.25, 0.3) is 0 Å². The van der Waals surface area contributed by atoms with E-state index in [2.05, 4.69) is 20.8 Å². The number of hydrogen-bond acceptors (Lipinski definition) is 5. The summed E-state index contributed by atoms with van der Waals surface area (Å²) in [5.41, 5.74) is -0.289. The first-order valence-electron chi connectivity index (χ1n) is 8.01. The Hall–Kier alpha value is -1.05. The van der Waals surface area contributed by atoms with Crippen LogP contribution in [0.4, 0.5) is 5.69 Å². The van der Waals surface area contributed by atoms with Gasteiger partial charge >= 0.3 is 0 Å². The SMILES string of the molecule is Cc1nc(C2(NCC(=O)Nc3c(Cl)c(Cl)cc(Cl)c3Cl)CCCC2)no1. The molecule has 1 aromatic carbocycles. The Labute approximate surface area is 170 Å². The van der Waals surface area contributed by atoms with Crippen LogP contribution in [-0.2, 0) is 10.3 Å². The normalized spacial score (nSPS) is 16.0. The van der Waals surface area contributed by atoms with Gasteiger partial charge in [0.1, 0.15) is 0 Å². The zero-order chi connectivity index (χ0) is 18.9. The van der Waals surface area contributed by atoms with Crippen LogP contribution in [-0.4, -0.2) is 22.6 Å². The maximum absolute atomic E-state index is 12.4. The third kappa shape index (κ3) is 3.94. The molecule has 1 heterocycles. The molecule has 10 heteroatoms. The number of hydrogen-bond donors (Lipinski definition) is 2. The molecule has 1 aliphatic carbocycles. The number of carbonyl (C=O) groups excluding carboxylic acids is 1. The molecular weight excluding hydrogens is 422 g/mol. The Morgan fingerprint density at radius 3 is 2.35 bits per heavy atom. The third-order valence-electron chi connectivity index (χ3n) is 4.38. The lowest BCUT2D eigenvalue weighted by Crippen LogP contribution is -2.44. The molecule has 0 aliphatic heterocycles. The standard InChI is InChI=1S/C16H16Cl4N4O2/c1-8-22-15(24-26-8)16(4-2-3-5-16)21-7-11(25)23-14-12(19)9(17)6-10(18)13(14)20/h6,21H,2-5,7H2,1H3,(H,23,25). The molecule has 3 rings (SSSR count). The number of rotatable bonds is 5. The molecule has 1 fully saturated rings. The molecule has 0 bridgehead atoms. The number of halogens is 4. The first-order valence-corrected chi connectivity index (χ1v) is 9.52. The van der Waals surface area contributed by atoms with Crippen molar-refractivity contribution < 1.29 is 9.32 Å². The number of aromatic nitrogens is 2. The van der Waals surface area contributed by atoms with Gasteiger partial charge in [-0.25, -0.2) is 0 Å². The second-order valence-corrected chi connectivity index (χ2v) is 7.74. The van der Waals surface area contributed by atoms with E-state index in [9.17, 15) is 4.79 Å². The van der Waals surface area contributed by atoms with Gasteiger partial charge in [-0.15, -0.1) is 0 Å². The molecule has 1 aliphatic rings. The minimum Gasteiger partial charge on any atom is -0.340 e. The van der Waals surface area contributed by atoms with E-state index in [1.165, 1.54) is 6.07 Å². The second kappa shape index (κ2) is 7.90. The summed E-state index contributed by atoms with van der Waals surface area (Å²) in [6, 6.07) is 1.42. The molecule has 1 amide bonds. The van der Waals surface area contributed by atoms with Gasteiger partial charge in [0.15, 0.2) is 5.82 Å². The van der Waals surface area contributed by atoms with Crippen molar-refractivity contribution in [2.24, 2.45) is 0 Å². The molecule has 2 N–H and O–H groups in total. The molecule has 1 aromatic heterocycles. The van der Waals surface area contributed by atoms with Crippen LogP contribution >= 0.6 is 46.4 Å². The van der Waals surface area contributed by atoms with Gasteiger partial charge in [0.05, 0.1) is 37.9 Å². The largest absolute Gasteiger partial charge is 0.340 e. The van der Waals surface area contributed by atoms with Crippen molar-refractivity contribution in [3.05, 3.63) is 37.9 Å². The average Bonchev–Trinajstić information content (AvgIpc) is 3.25. The van der Waals surface area contributed by atoms with Crippen LogP contribution in [0.5, 0.6) is 0 Å². The van der Waals surface area contributed by atoms with Gasteiger partial charge in [-0.1, -0.05) is 64.4 Å². The highest BCUT2D eigenvalue weighted by Crippen LogP contribution is 2.41. The second-order valence-electron chi connectivity index (χ2n) is 6.17. The van der Waals surface area contributed by atoms with Gasteiger partial charge in [-0.05, 0) is 18.9 Å². The summed E-state index contributed by atoms with van der Waals surface area (Å²) in [5.74, 6) is 0.727. The molecule has 2 aromatic rings. The van der Waals surface area contributed by atoms with Crippen molar-refractivity contribution in [1.29, 1.82) is 0 Å². The van der Waals surface area contributed by atoms with Gasteiger partial charge in [-0.3, -0.25) is 10.1 Å². The van der Waals surface area contributed by atoms with Gasteiger partial charge in [0, 0.05) is 6.92 Å². The lowest BCUT2D eigenvalue weighted by atomic mass is 9.96. The average molecular weight is 438 g/mol. The lowest BCUT2D eigenvalue weighted by molar-refractivity contribution is -0.115. The van der Waals surface area contributed by atoms with Gasteiger partial charge in [-0.2, -0.15) is 4.98 Å². The number of amides is 1. The number of carbonyl (C=O) groups is 1. The van der Waals surface area contributed by atoms with Gasteiger partial charge in [0.2, 0.25) is 11.8 Å². The fraction of sp³-hybridized carbons (Fsp3) is 0.438. The van der Waals surface area contributed by atoms with Crippen LogP contribution in [0.15, 0.2) is 10.6 Å². The molecule has 1 saturated carbocycles. The number of aryl methyl sites for hydroxylation is 1. The quantitative estimate of drug-likeness (QED) is 0.644. The molecule has 0 radical (unpaired) electrons. The maximum atomic E-state index is 12.4. The predicted molar refractivity (Wildman–Crippen MR) is 102 cm³/mol. The Balaban J connectivity index is 1.73. The molecule has 0 unspecified atom stereocenters. The smallest absolute Gasteiger partial charge is 0.238 e. The summed E-state index contributed by atoms with van der Waals surface area (Å²) in [6.07, 6.45) is 3.68. The molecule has 26 heavy (non-hydrogen) atoms. The zero-order valence-electron chi connectivity index (χ0n) is 13.8. The lowest BCUT2D eigenvalue weighted by Gasteiger charge is -2.26. The summed E-state index contributed by atoms with van der Waals surface area (Å²) in [6.45, 7) is 1.75. The van der Waals surface area contributed by atoms with E-state index in [4.69, 9.17) is 50.9 Å². The van der Waals surface area contributed by atoms with Crippen molar-refractivity contribution in [2.45, 2.75) is 38.1 Å². The number of anilines is 1. The highest BCUT2D eigenvalue weighted by atomic mass is 35.5. The third-order valence-corrected chi connectivity index (χ3v) is 5.95. The van der Waals surface area contributed by atoms with E-state index in [0.29, 0.717) is 11.7 Å². The van der Waals surface area contributed by atoms with E-state index in [1.807, 2.05) is 0 Å². The number of nitrogens with one attached hydrogen (secondary N) is 2. The Bertz CT molecular complexity index is 808. The summed E-state index contributed by atoms with van der Waals surface area (Å²) in [7, 11) is 0. The van der Waals surface area contributed by atoms with Crippen LogP contribution in [0.1, 0.15) is 37.4 Å². The van der Waals surface area contributed by atoms with Crippen molar-refractivity contribution >= 4 is 58.0 Å². The number of nitrogens with zero attached hydrogens (tertiary/aromatic N) is 2. The molecule has 6 nitrogen and oxygen atoms in total. The fourth-order valence-electron chi connectivity index (χ4n) is 3.07. The topological polar surface area (TPSA) is 80.0 Å². The van der Waals surface area contributed by atoms with Crippen molar-refractivity contribution in [2.75, 3.05) is 11.9 Å². The predicted octanol–water partition coefficient (Wildman–Crippen LogP) is 4.99. The van der Waals surface area contributed by atoms with Crippen molar-refractivity contribution in [3.8, 4) is 0 Å². The van der Waals surface area contributed by atoms with Crippen molar-refractivity contribution in [3.63, 3.8) is 0 Å². The van der Waals surface area contributed by atoms with Crippen LogP contribution in [0.3, 0.4) is 0 Å². The minimum atomic E-state index is -0.478. The van der Waals surface area contributed by atoms with Crippen molar-refractivity contribution in [1.82, 2.24) is 15.5 Å². The Morgan fingerprint density at radius 2 is 1.81 bits per heavy atom. The number of benzene rings is 1. The monoisotopic (exact) mass is 436 g/mol. The van der Waals surface area contributed by atoms with Gasteiger partial charge < -0.3 is 9.84 Å². The summed E-state index contributed by atoms with van der Waals surface area (Å²) < 4.78 is 5.10. The van der Waals surface area contributed by atoms with Crippen LogP contribution in [0.25, 0.3) is 0 Å². The van der Waals surface area contributed by atoms with E-state index >= 15 is 0 Å². The Morgan fingerprint density at radius 1 is 1.19 bits per heavy atom. The summed E-state index contributed by atoms with van der Waals surface area (Å²) in [4.78, 5) is 16.8. The van der Waals surface area contributed by atoms with Crippen LogP contribution < -0.4 is 10.6 Å². The first-order chi connectivity index (χ1) is 12.3. The van der Waals surface area contributed by atoms with Crippen LogP contribution in [0.2, 0.25) is 20.1 Å². The maximum Gasteiger partial charge on any atom is 0.238 e. The molecule has 0 saturated heterocycles. The minimum absolute atomic E-state index is 0.0182. The highest BCUT2D eigenvalue weighted by molar-refractivity contribution is 6.50.